The summed E-state index contributed by atoms with van der Waals surface area (Å²) in [7, 11) is 0. The molecule has 1 saturated heterocycles. The third-order valence-corrected chi connectivity index (χ3v) is 3.72. The van der Waals surface area contributed by atoms with Crippen molar-refractivity contribution in [3.8, 4) is 5.75 Å². The van der Waals surface area contributed by atoms with Crippen molar-refractivity contribution in [1.82, 2.24) is 0 Å². The standard InChI is InChI=1S/C12H11BrF3NO2/c13-6-8-5-11(18)17(7-8)9-1-3-10(4-2-9)19-12(14,15)16/h1-4,8H,5-7H2. The zero-order valence-electron chi connectivity index (χ0n) is 9.78. The summed E-state index contributed by atoms with van der Waals surface area (Å²) >= 11 is 3.32. The van der Waals surface area contributed by atoms with Gasteiger partial charge in [-0.05, 0) is 30.2 Å². The highest BCUT2D eigenvalue weighted by Gasteiger charge is 2.32. The number of hydrogen-bond acceptors (Lipinski definition) is 2. The molecule has 0 bridgehead atoms. The van der Waals surface area contributed by atoms with Gasteiger partial charge in [0, 0.05) is 24.0 Å². The lowest BCUT2D eigenvalue weighted by molar-refractivity contribution is -0.274. The minimum Gasteiger partial charge on any atom is -0.406 e. The molecule has 1 fully saturated rings. The number of ether oxygens (including phenoxy) is 1. The molecular weight excluding hydrogens is 327 g/mol. The van der Waals surface area contributed by atoms with Crippen molar-refractivity contribution in [2.75, 3.05) is 16.8 Å². The fourth-order valence-electron chi connectivity index (χ4n) is 1.96. The van der Waals surface area contributed by atoms with Crippen molar-refractivity contribution in [3.63, 3.8) is 0 Å². The maximum absolute atomic E-state index is 12.0. The number of carbonyl (C=O) groups is 1. The van der Waals surface area contributed by atoms with E-state index in [1.54, 1.807) is 4.90 Å². The van der Waals surface area contributed by atoms with E-state index < -0.39 is 6.36 Å². The van der Waals surface area contributed by atoms with Gasteiger partial charge in [0.25, 0.3) is 0 Å². The first-order valence-electron chi connectivity index (χ1n) is 5.61. The minimum atomic E-state index is -4.70. The van der Waals surface area contributed by atoms with Crippen LogP contribution in [0.4, 0.5) is 18.9 Å². The van der Waals surface area contributed by atoms with Crippen molar-refractivity contribution in [2.45, 2.75) is 12.8 Å². The molecule has 1 amide bonds. The lowest BCUT2D eigenvalue weighted by Crippen LogP contribution is -2.24. The van der Waals surface area contributed by atoms with Crippen LogP contribution in [0.3, 0.4) is 0 Å². The van der Waals surface area contributed by atoms with E-state index in [-0.39, 0.29) is 17.6 Å². The Hall–Kier alpha value is -1.24. The summed E-state index contributed by atoms with van der Waals surface area (Å²) in [4.78, 5) is 13.3. The molecule has 1 heterocycles. The highest BCUT2D eigenvalue weighted by Crippen LogP contribution is 2.29. The zero-order valence-corrected chi connectivity index (χ0v) is 11.4. The van der Waals surface area contributed by atoms with Gasteiger partial charge in [0.1, 0.15) is 5.75 Å². The van der Waals surface area contributed by atoms with E-state index in [9.17, 15) is 18.0 Å². The summed E-state index contributed by atoms with van der Waals surface area (Å²) in [6, 6.07) is 5.32. The van der Waals surface area contributed by atoms with E-state index in [0.29, 0.717) is 18.7 Å². The Labute approximate surface area is 116 Å². The van der Waals surface area contributed by atoms with Gasteiger partial charge < -0.3 is 9.64 Å². The lowest BCUT2D eigenvalue weighted by Gasteiger charge is -2.17. The largest absolute Gasteiger partial charge is 0.573 e. The van der Waals surface area contributed by atoms with Crippen LogP contribution >= 0.6 is 15.9 Å². The highest BCUT2D eigenvalue weighted by atomic mass is 79.9. The van der Waals surface area contributed by atoms with Crippen molar-refractivity contribution in [2.24, 2.45) is 5.92 Å². The second-order valence-corrected chi connectivity index (χ2v) is 4.92. The van der Waals surface area contributed by atoms with Crippen LogP contribution in [-0.4, -0.2) is 24.1 Å². The third kappa shape index (κ3) is 3.62. The van der Waals surface area contributed by atoms with E-state index >= 15 is 0 Å². The molecule has 0 aromatic heterocycles. The molecule has 1 atom stereocenters. The smallest absolute Gasteiger partial charge is 0.406 e. The molecular formula is C12H11BrF3NO2. The topological polar surface area (TPSA) is 29.5 Å². The number of hydrogen-bond donors (Lipinski definition) is 0. The van der Waals surface area contributed by atoms with Crippen molar-refractivity contribution in [1.29, 1.82) is 0 Å². The number of rotatable bonds is 3. The van der Waals surface area contributed by atoms with Crippen LogP contribution < -0.4 is 9.64 Å². The molecule has 0 spiro atoms. The Morgan fingerprint density at radius 3 is 2.42 bits per heavy atom. The predicted molar refractivity (Wildman–Crippen MR) is 67.4 cm³/mol. The Morgan fingerprint density at radius 1 is 1.32 bits per heavy atom. The number of nitrogens with zero attached hydrogens (tertiary/aromatic N) is 1. The normalized spacial score (nSPS) is 19.9. The third-order valence-electron chi connectivity index (χ3n) is 2.81. The van der Waals surface area contributed by atoms with Gasteiger partial charge in [-0.2, -0.15) is 0 Å². The summed E-state index contributed by atoms with van der Waals surface area (Å²) in [6.45, 7) is 0.573. The van der Waals surface area contributed by atoms with E-state index in [1.807, 2.05) is 0 Å². The zero-order chi connectivity index (χ0) is 14.0. The molecule has 104 valence electrons. The van der Waals surface area contributed by atoms with E-state index in [0.717, 1.165) is 5.33 Å². The van der Waals surface area contributed by atoms with Gasteiger partial charge in [-0.1, -0.05) is 15.9 Å². The van der Waals surface area contributed by atoms with Crippen molar-refractivity contribution < 1.29 is 22.7 Å². The van der Waals surface area contributed by atoms with Gasteiger partial charge in [-0.25, -0.2) is 0 Å². The first-order valence-corrected chi connectivity index (χ1v) is 6.73. The number of carbonyl (C=O) groups excluding carboxylic acids is 1. The molecule has 1 aromatic carbocycles. The Kier molecular flexibility index (Phi) is 4.03. The van der Waals surface area contributed by atoms with Gasteiger partial charge >= 0.3 is 6.36 Å². The molecule has 7 heteroatoms. The second-order valence-electron chi connectivity index (χ2n) is 4.27. The molecule has 1 aliphatic rings. The monoisotopic (exact) mass is 337 g/mol. The molecule has 2 rings (SSSR count). The number of amides is 1. The molecule has 0 saturated carbocycles. The van der Waals surface area contributed by atoms with Gasteiger partial charge in [0.15, 0.2) is 0 Å². The maximum Gasteiger partial charge on any atom is 0.573 e. The van der Waals surface area contributed by atoms with E-state index in [2.05, 4.69) is 20.7 Å². The Balaban J connectivity index is 2.08. The summed E-state index contributed by atoms with van der Waals surface area (Å²) in [6.07, 6.45) is -4.25. The fourth-order valence-corrected chi connectivity index (χ4v) is 2.40. The summed E-state index contributed by atoms with van der Waals surface area (Å²) in [5.41, 5.74) is 0.586. The summed E-state index contributed by atoms with van der Waals surface area (Å²) in [5, 5.41) is 0.727. The quantitative estimate of drug-likeness (QED) is 0.792. The van der Waals surface area contributed by atoms with Crippen LogP contribution in [0.5, 0.6) is 5.75 Å². The molecule has 0 N–H and O–H groups in total. The summed E-state index contributed by atoms with van der Waals surface area (Å²) in [5.74, 6) is -0.0764. The SMILES string of the molecule is O=C1CC(CBr)CN1c1ccc(OC(F)(F)F)cc1. The first-order chi connectivity index (χ1) is 8.89. The Bertz CT molecular complexity index is 461. The molecule has 0 aliphatic carbocycles. The summed E-state index contributed by atoms with van der Waals surface area (Å²) < 4.78 is 39.8. The average Bonchev–Trinajstić information content (AvgIpc) is 2.70. The molecule has 1 aliphatic heterocycles. The molecule has 3 nitrogen and oxygen atoms in total. The predicted octanol–water partition coefficient (Wildman–Crippen LogP) is 3.33. The van der Waals surface area contributed by atoms with Gasteiger partial charge in [0.2, 0.25) is 5.91 Å². The van der Waals surface area contributed by atoms with Crippen LogP contribution in [0.15, 0.2) is 24.3 Å². The lowest BCUT2D eigenvalue weighted by atomic mass is 10.2. The molecule has 0 radical (unpaired) electrons. The molecule has 1 unspecified atom stereocenters. The average molecular weight is 338 g/mol. The van der Waals surface area contributed by atoms with Crippen LogP contribution in [0.25, 0.3) is 0 Å². The molecule has 1 aromatic rings. The van der Waals surface area contributed by atoms with Crippen LogP contribution in [0.1, 0.15) is 6.42 Å². The molecule has 19 heavy (non-hydrogen) atoms. The van der Waals surface area contributed by atoms with Crippen LogP contribution in [0.2, 0.25) is 0 Å². The number of benzene rings is 1. The van der Waals surface area contributed by atoms with Crippen molar-refractivity contribution >= 4 is 27.5 Å². The van der Waals surface area contributed by atoms with Gasteiger partial charge in [0.05, 0.1) is 0 Å². The van der Waals surface area contributed by atoms with Crippen molar-refractivity contribution in [3.05, 3.63) is 24.3 Å². The van der Waals surface area contributed by atoms with Crippen LogP contribution in [-0.2, 0) is 4.79 Å². The number of halogens is 4. The maximum atomic E-state index is 12.0. The van der Waals surface area contributed by atoms with E-state index in [1.165, 1.54) is 24.3 Å². The van der Waals surface area contributed by atoms with Gasteiger partial charge in [-0.3, -0.25) is 4.79 Å². The highest BCUT2D eigenvalue weighted by molar-refractivity contribution is 9.09. The first kappa shape index (κ1) is 14.2. The number of alkyl halides is 4. The number of anilines is 1. The van der Waals surface area contributed by atoms with Gasteiger partial charge in [-0.15, -0.1) is 13.2 Å². The fraction of sp³-hybridized carbons (Fsp3) is 0.417. The Morgan fingerprint density at radius 2 is 1.95 bits per heavy atom. The second kappa shape index (κ2) is 5.40. The van der Waals surface area contributed by atoms with Crippen LogP contribution in [0, 0.1) is 5.92 Å². The minimum absolute atomic E-state index is 0.0195. The van der Waals surface area contributed by atoms with E-state index in [4.69, 9.17) is 0 Å².